The van der Waals surface area contributed by atoms with Crippen LogP contribution >= 0.6 is 27.7 Å². The number of aromatic amines is 1. The summed E-state index contributed by atoms with van der Waals surface area (Å²) in [5.41, 5.74) is 1.14. The van der Waals surface area contributed by atoms with Crippen molar-refractivity contribution in [2.45, 2.75) is 4.90 Å². The van der Waals surface area contributed by atoms with Crippen LogP contribution in [0.1, 0.15) is 10.5 Å². The minimum atomic E-state index is -0.207. The molecule has 6 heteroatoms. The second-order valence-corrected chi connectivity index (χ2v) is 5.55. The lowest BCUT2D eigenvalue weighted by molar-refractivity contribution is 0.102. The smallest absolute Gasteiger partial charge is 0.272 e. The van der Waals surface area contributed by atoms with Crippen molar-refractivity contribution in [2.75, 3.05) is 18.7 Å². The van der Waals surface area contributed by atoms with E-state index in [4.69, 9.17) is 4.74 Å². The molecule has 0 aliphatic carbocycles. The molecule has 2 rings (SSSR count). The van der Waals surface area contributed by atoms with Gasteiger partial charge in [0.15, 0.2) is 0 Å². The zero-order valence-electron chi connectivity index (χ0n) is 10.5. The zero-order valence-corrected chi connectivity index (χ0v) is 12.9. The third kappa shape index (κ3) is 3.33. The molecular weight excluding hydrogens is 328 g/mol. The fourth-order valence-electron chi connectivity index (χ4n) is 1.59. The Hall–Kier alpha value is -1.40. The Morgan fingerprint density at radius 2 is 2.21 bits per heavy atom. The monoisotopic (exact) mass is 340 g/mol. The van der Waals surface area contributed by atoms with E-state index in [1.165, 1.54) is 0 Å². The Kier molecular flexibility index (Phi) is 4.55. The molecule has 0 atom stereocenters. The number of carbonyl (C=O) groups is 1. The molecular formula is C13H13BrN2O2S. The van der Waals surface area contributed by atoms with E-state index in [9.17, 15) is 4.79 Å². The number of aromatic nitrogens is 1. The molecule has 0 aliphatic heterocycles. The van der Waals surface area contributed by atoms with Gasteiger partial charge in [0, 0.05) is 15.6 Å². The summed E-state index contributed by atoms with van der Waals surface area (Å²) >= 11 is 4.91. The fourth-order valence-corrected chi connectivity index (χ4v) is 2.36. The van der Waals surface area contributed by atoms with Gasteiger partial charge < -0.3 is 15.0 Å². The molecule has 0 radical (unpaired) electrons. The van der Waals surface area contributed by atoms with E-state index in [0.717, 1.165) is 9.37 Å². The van der Waals surface area contributed by atoms with Gasteiger partial charge in [0.25, 0.3) is 5.91 Å². The molecule has 19 heavy (non-hydrogen) atoms. The van der Waals surface area contributed by atoms with Crippen LogP contribution in [0.25, 0.3) is 0 Å². The van der Waals surface area contributed by atoms with Gasteiger partial charge in [-0.15, -0.1) is 11.8 Å². The third-order valence-corrected chi connectivity index (χ3v) is 3.73. The summed E-state index contributed by atoms with van der Waals surface area (Å²) in [5.74, 6) is 0.437. The number of thioether (sulfide) groups is 1. The maximum Gasteiger partial charge on any atom is 0.272 e. The number of carbonyl (C=O) groups excluding carboxylic acids is 1. The van der Waals surface area contributed by atoms with Gasteiger partial charge in [-0.25, -0.2) is 0 Å². The maximum absolute atomic E-state index is 12.0. The molecule has 4 nitrogen and oxygen atoms in total. The van der Waals surface area contributed by atoms with Crippen LogP contribution in [0.5, 0.6) is 5.75 Å². The molecule has 1 amide bonds. The summed E-state index contributed by atoms with van der Waals surface area (Å²) in [4.78, 5) is 16.0. The normalized spacial score (nSPS) is 10.3. The Labute approximate surface area is 124 Å². The molecule has 1 aromatic carbocycles. The lowest BCUT2D eigenvalue weighted by atomic mass is 10.2. The van der Waals surface area contributed by atoms with Crippen LogP contribution in [0.4, 0.5) is 5.69 Å². The van der Waals surface area contributed by atoms with Crippen molar-refractivity contribution in [3.63, 3.8) is 0 Å². The lowest BCUT2D eigenvalue weighted by Gasteiger charge is -2.10. The van der Waals surface area contributed by atoms with E-state index in [2.05, 4.69) is 26.2 Å². The largest absolute Gasteiger partial charge is 0.495 e. The van der Waals surface area contributed by atoms with E-state index < -0.39 is 0 Å². The first kappa shape index (κ1) is 14.0. The first-order valence-electron chi connectivity index (χ1n) is 5.51. The van der Waals surface area contributed by atoms with Gasteiger partial charge in [-0.3, -0.25) is 4.79 Å². The van der Waals surface area contributed by atoms with Gasteiger partial charge in [0.05, 0.1) is 12.8 Å². The maximum atomic E-state index is 12.0. The third-order valence-electron chi connectivity index (χ3n) is 2.55. The molecule has 2 aromatic rings. The summed E-state index contributed by atoms with van der Waals surface area (Å²) in [7, 11) is 1.58. The number of methoxy groups -OCH3 is 1. The highest BCUT2D eigenvalue weighted by molar-refractivity contribution is 9.10. The molecule has 100 valence electrons. The van der Waals surface area contributed by atoms with Crippen LogP contribution in [0.2, 0.25) is 0 Å². The first-order chi connectivity index (χ1) is 9.13. The van der Waals surface area contributed by atoms with Crippen molar-refractivity contribution in [3.8, 4) is 5.75 Å². The van der Waals surface area contributed by atoms with Crippen molar-refractivity contribution in [1.82, 2.24) is 4.98 Å². The SMILES string of the molecule is COc1cc(SC)ccc1NC(=O)c1cc(Br)c[nH]1. The van der Waals surface area contributed by atoms with Crippen molar-refractivity contribution < 1.29 is 9.53 Å². The molecule has 0 unspecified atom stereocenters. The second-order valence-electron chi connectivity index (χ2n) is 3.75. The number of H-pyrrole nitrogens is 1. The Bertz CT molecular complexity index is 598. The lowest BCUT2D eigenvalue weighted by Crippen LogP contribution is -2.12. The molecule has 0 aliphatic rings. The number of hydrogen-bond acceptors (Lipinski definition) is 3. The first-order valence-corrected chi connectivity index (χ1v) is 7.53. The van der Waals surface area contributed by atoms with Crippen molar-refractivity contribution in [1.29, 1.82) is 0 Å². The number of nitrogens with one attached hydrogen (secondary N) is 2. The average Bonchev–Trinajstić information content (AvgIpc) is 2.86. The zero-order chi connectivity index (χ0) is 13.8. The van der Waals surface area contributed by atoms with E-state index in [1.54, 1.807) is 31.1 Å². The van der Waals surface area contributed by atoms with Gasteiger partial charge >= 0.3 is 0 Å². The van der Waals surface area contributed by atoms with E-state index in [0.29, 0.717) is 17.1 Å². The number of rotatable bonds is 4. The summed E-state index contributed by atoms with van der Waals surface area (Å²) in [6, 6.07) is 7.39. The number of hydrogen-bond donors (Lipinski definition) is 2. The molecule has 0 saturated carbocycles. The van der Waals surface area contributed by atoms with Gasteiger partial charge in [0.1, 0.15) is 11.4 Å². The Morgan fingerprint density at radius 3 is 2.79 bits per heavy atom. The van der Waals surface area contributed by atoms with E-state index >= 15 is 0 Å². The van der Waals surface area contributed by atoms with E-state index in [-0.39, 0.29) is 5.91 Å². The van der Waals surface area contributed by atoms with Crippen LogP contribution in [-0.4, -0.2) is 24.3 Å². The number of anilines is 1. The van der Waals surface area contributed by atoms with Crippen molar-refractivity contribution in [3.05, 3.63) is 40.6 Å². The van der Waals surface area contributed by atoms with Crippen molar-refractivity contribution in [2.24, 2.45) is 0 Å². The van der Waals surface area contributed by atoms with Crippen LogP contribution in [0, 0.1) is 0 Å². The number of benzene rings is 1. The predicted octanol–water partition coefficient (Wildman–Crippen LogP) is 3.76. The van der Waals surface area contributed by atoms with Crippen LogP contribution in [0.15, 0.2) is 39.8 Å². The fraction of sp³-hybridized carbons (Fsp3) is 0.154. The molecule has 0 bridgehead atoms. The molecule has 1 heterocycles. The number of amides is 1. The summed E-state index contributed by atoms with van der Waals surface area (Å²) < 4.78 is 6.12. The Balaban J connectivity index is 2.21. The summed E-state index contributed by atoms with van der Waals surface area (Å²) in [6.45, 7) is 0. The molecule has 0 fully saturated rings. The highest BCUT2D eigenvalue weighted by atomic mass is 79.9. The standard InChI is InChI=1S/C13H13BrN2O2S/c1-18-12-6-9(19-2)3-4-10(12)16-13(17)11-5-8(14)7-15-11/h3-7,15H,1-2H3,(H,16,17). The number of halogens is 1. The predicted molar refractivity (Wildman–Crippen MR) is 81.2 cm³/mol. The van der Waals surface area contributed by atoms with Gasteiger partial charge in [0.2, 0.25) is 0 Å². The number of ether oxygens (including phenoxy) is 1. The van der Waals surface area contributed by atoms with Crippen LogP contribution in [-0.2, 0) is 0 Å². The van der Waals surface area contributed by atoms with Gasteiger partial charge in [-0.1, -0.05) is 0 Å². The minimum absolute atomic E-state index is 0.207. The van der Waals surface area contributed by atoms with E-state index in [1.807, 2.05) is 24.5 Å². The van der Waals surface area contributed by atoms with Gasteiger partial charge in [-0.2, -0.15) is 0 Å². The Morgan fingerprint density at radius 1 is 1.42 bits per heavy atom. The summed E-state index contributed by atoms with van der Waals surface area (Å²) in [5, 5.41) is 2.82. The highest BCUT2D eigenvalue weighted by Gasteiger charge is 2.11. The molecule has 2 N–H and O–H groups in total. The molecule has 1 aromatic heterocycles. The topological polar surface area (TPSA) is 54.1 Å². The van der Waals surface area contributed by atoms with Crippen molar-refractivity contribution >= 4 is 39.3 Å². The van der Waals surface area contributed by atoms with Crippen LogP contribution in [0.3, 0.4) is 0 Å². The van der Waals surface area contributed by atoms with Gasteiger partial charge in [-0.05, 0) is 46.5 Å². The highest BCUT2D eigenvalue weighted by Crippen LogP contribution is 2.29. The molecule has 0 saturated heterocycles. The average molecular weight is 341 g/mol. The van der Waals surface area contributed by atoms with Crippen LogP contribution < -0.4 is 10.1 Å². The molecule has 0 spiro atoms. The summed E-state index contributed by atoms with van der Waals surface area (Å²) in [6.07, 6.45) is 3.70. The minimum Gasteiger partial charge on any atom is -0.495 e. The quantitative estimate of drug-likeness (QED) is 0.833. The second kappa shape index (κ2) is 6.16.